The van der Waals surface area contributed by atoms with Crippen molar-refractivity contribution in [1.82, 2.24) is 14.5 Å². The van der Waals surface area contributed by atoms with E-state index in [0.29, 0.717) is 25.1 Å². The third kappa shape index (κ3) is 5.53. The van der Waals surface area contributed by atoms with Crippen LogP contribution in [0.2, 0.25) is 0 Å². The molecule has 1 aliphatic heterocycles. The Morgan fingerprint density at radius 3 is 2.43 bits per heavy atom. The Bertz CT molecular complexity index is 852. The number of carbonyl (C=O) groups is 1. The minimum atomic E-state index is -4.60. The summed E-state index contributed by atoms with van der Waals surface area (Å²) in [5.74, 6) is 0.389. The first-order valence-electron chi connectivity index (χ1n) is 10.3. The summed E-state index contributed by atoms with van der Waals surface area (Å²) in [4.78, 5) is 13.9. The van der Waals surface area contributed by atoms with Crippen LogP contribution in [-0.4, -0.2) is 62.3 Å². The molecule has 1 saturated heterocycles. The van der Waals surface area contributed by atoms with Gasteiger partial charge in [-0.15, -0.1) is 0 Å². The van der Waals surface area contributed by atoms with Crippen LogP contribution in [-0.2, 0) is 21.0 Å². The molecule has 1 saturated carbocycles. The number of amides is 1. The molecule has 1 N–H and O–H groups in total. The number of nitrogens with zero attached hydrogens (tertiary/aromatic N) is 2. The van der Waals surface area contributed by atoms with Crippen molar-refractivity contribution in [2.75, 3.05) is 32.7 Å². The van der Waals surface area contributed by atoms with E-state index in [0.717, 1.165) is 31.4 Å². The molecule has 1 heterocycles. The van der Waals surface area contributed by atoms with Crippen molar-refractivity contribution >= 4 is 15.9 Å². The second-order valence-corrected chi connectivity index (χ2v) is 10.1. The molecule has 10 heteroatoms. The fourth-order valence-electron chi connectivity index (χ4n) is 4.10. The van der Waals surface area contributed by atoms with Crippen molar-refractivity contribution in [3.05, 3.63) is 29.8 Å². The number of alkyl halides is 3. The molecule has 168 valence electrons. The normalized spacial score (nSPS) is 24.5. The average molecular weight is 448 g/mol. The van der Waals surface area contributed by atoms with Crippen LogP contribution in [0.15, 0.2) is 29.2 Å². The highest BCUT2D eigenvalue weighted by atomic mass is 32.2. The van der Waals surface area contributed by atoms with Gasteiger partial charge in [0, 0.05) is 32.2 Å². The van der Waals surface area contributed by atoms with E-state index in [1.54, 1.807) is 0 Å². The number of rotatable bonds is 5. The molecule has 3 rings (SSSR count). The van der Waals surface area contributed by atoms with Gasteiger partial charge >= 0.3 is 6.18 Å². The van der Waals surface area contributed by atoms with Crippen molar-refractivity contribution in [1.29, 1.82) is 0 Å². The maximum absolute atomic E-state index is 12.9. The average Bonchev–Trinajstić information content (AvgIpc) is 2.69. The van der Waals surface area contributed by atoms with Crippen LogP contribution in [0.5, 0.6) is 0 Å². The molecule has 2 aliphatic rings. The molecule has 0 aromatic heterocycles. The number of hydrogen-bond acceptors (Lipinski definition) is 4. The Hall–Kier alpha value is -1.65. The van der Waals surface area contributed by atoms with Crippen molar-refractivity contribution < 1.29 is 26.4 Å². The molecule has 0 spiro atoms. The van der Waals surface area contributed by atoms with Crippen molar-refractivity contribution in [3.8, 4) is 0 Å². The van der Waals surface area contributed by atoms with Crippen LogP contribution < -0.4 is 5.32 Å². The van der Waals surface area contributed by atoms with E-state index in [1.165, 1.54) is 16.8 Å². The van der Waals surface area contributed by atoms with Gasteiger partial charge in [-0.05, 0) is 37.0 Å². The van der Waals surface area contributed by atoms with Crippen LogP contribution >= 0.6 is 0 Å². The van der Waals surface area contributed by atoms with Gasteiger partial charge in [0.2, 0.25) is 15.9 Å². The summed E-state index contributed by atoms with van der Waals surface area (Å²) >= 11 is 0. The molecule has 1 aliphatic carbocycles. The van der Waals surface area contributed by atoms with Gasteiger partial charge in [-0.1, -0.05) is 25.8 Å². The predicted molar refractivity (Wildman–Crippen MR) is 106 cm³/mol. The summed E-state index contributed by atoms with van der Waals surface area (Å²) < 4.78 is 65.4. The summed E-state index contributed by atoms with van der Waals surface area (Å²) in [6.45, 7) is 3.30. The molecular weight excluding hydrogens is 419 g/mol. The molecule has 1 amide bonds. The highest BCUT2D eigenvalue weighted by molar-refractivity contribution is 7.89. The van der Waals surface area contributed by atoms with E-state index in [4.69, 9.17) is 0 Å². The van der Waals surface area contributed by atoms with Gasteiger partial charge < -0.3 is 5.32 Å². The quantitative estimate of drug-likeness (QED) is 0.754. The molecule has 0 bridgehead atoms. The number of nitrogens with one attached hydrogen (secondary N) is 1. The first kappa shape index (κ1) is 23.0. The highest BCUT2D eigenvalue weighted by Gasteiger charge is 2.34. The van der Waals surface area contributed by atoms with Gasteiger partial charge in [0.25, 0.3) is 0 Å². The molecule has 1 aromatic rings. The summed E-state index contributed by atoms with van der Waals surface area (Å²) in [5.41, 5.74) is -0.990. The molecule has 6 nitrogen and oxygen atoms in total. The summed E-state index contributed by atoms with van der Waals surface area (Å²) in [6, 6.07) is 3.98. The van der Waals surface area contributed by atoms with Crippen LogP contribution in [0.4, 0.5) is 13.2 Å². The zero-order valence-electron chi connectivity index (χ0n) is 17.0. The lowest BCUT2D eigenvalue weighted by atomic mass is 9.86. The second kappa shape index (κ2) is 9.23. The number of hydrogen-bond donors (Lipinski definition) is 1. The Morgan fingerprint density at radius 1 is 1.13 bits per heavy atom. The van der Waals surface area contributed by atoms with Gasteiger partial charge in [-0.25, -0.2) is 8.42 Å². The fourth-order valence-corrected chi connectivity index (χ4v) is 5.56. The third-order valence-corrected chi connectivity index (χ3v) is 7.85. The van der Waals surface area contributed by atoms with Crippen LogP contribution in [0.3, 0.4) is 0 Å². The first-order chi connectivity index (χ1) is 14.1. The smallest absolute Gasteiger partial charge is 0.352 e. The Labute approximate surface area is 175 Å². The SMILES string of the molecule is CC1CCCCC1NC(=O)CN1CCN(S(=O)(=O)c2cccc(C(F)(F)F)c2)CC1. The number of halogens is 3. The molecular formula is C20H28F3N3O3S. The minimum Gasteiger partial charge on any atom is -0.352 e. The zero-order valence-corrected chi connectivity index (χ0v) is 17.8. The Balaban J connectivity index is 1.55. The topological polar surface area (TPSA) is 69.7 Å². The molecule has 2 unspecified atom stereocenters. The largest absolute Gasteiger partial charge is 0.416 e. The molecule has 0 radical (unpaired) electrons. The third-order valence-electron chi connectivity index (χ3n) is 5.96. The number of piperazine rings is 1. The fraction of sp³-hybridized carbons (Fsp3) is 0.650. The first-order valence-corrected chi connectivity index (χ1v) is 11.7. The van der Waals surface area contributed by atoms with E-state index in [1.807, 2.05) is 4.90 Å². The van der Waals surface area contributed by atoms with E-state index < -0.39 is 21.8 Å². The monoisotopic (exact) mass is 447 g/mol. The number of benzene rings is 1. The van der Waals surface area contributed by atoms with Gasteiger partial charge in [0.05, 0.1) is 17.0 Å². The van der Waals surface area contributed by atoms with Crippen molar-refractivity contribution in [2.45, 2.75) is 49.7 Å². The highest BCUT2D eigenvalue weighted by Crippen LogP contribution is 2.31. The number of carbonyl (C=O) groups excluding carboxylic acids is 1. The lowest BCUT2D eigenvalue weighted by molar-refractivity contribution is -0.137. The van der Waals surface area contributed by atoms with Crippen LogP contribution in [0, 0.1) is 5.92 Å². The minimum absolute atomic E-state index is 0.0667. The Morgan fingerprint density at radius 2 is 1.80 bits per heavy atom. The maximum Gasteiger partial charge on any atom is 0.416 e. The molecule has 1 aromatic carbocycles. The van der Waals surface area contributed by atoms with Crippen LogP contribution in [0.1, 0.15) is 38.2 Å². The van der Waals surface area contributed by atoms with Crippen LogP contribution in [0.25, 0.3) is 0 Å². The van der Waals surface area contributed by atoms with Crippen molar-refractivity contribution in [3.63, 3.8) is 0 Å². The maximum atomic E-state index is 12.9. The van der Waals surface area contributed by atoms with E-state index in [-0.39, 0.29) is 36.5 Å². The summed E-state index contributed by atoms with van der Waals surface area (Å²) in [6.07, 6.45) is -0.211. The van der Waals surface area contributed by atoms with E-state index >= 15 is 0 Å². The Kier molecular flexibility index (Phi) is 7.09. The lowest BCUT2D eigenvalue weighted by Crippen LogP contribution is -2.52. The summed E-state index contributed by atoms with van der Waals surface area (Å²) in [5, 5.41) is 3.08. The van der Waals surface area contributed by atoms with E-state index in [9.17, 15) is 26.4 Å². The second-order valence-electron chi connectivity index (χ2n) is 8.14. The lowest BCUT2D eigenvalue weighted by Gasteiger charge is -2.34. The number of sulfonamides is 1. The van der Waals surface area contributed by atoms with Gasteiger partial charge in [0.1, 0.15) is 0 Å². The predicted octanol–water partition coefficient (Wildman–Crippen LogP) is 2.71. The summed E-state index contributed by atoms with van der Waals surface area (Å²) in [7, 11) is -4.02. The van der Waals surface area contributed by atoms with Crippen molar-refractivity contribution in [2.24, 2.45) is 5.92 Å². The molecule has 2 fully saturated rings. The van der Waals surface area contributed by atoms with Gasteiger partial charge in [-0.3, -0.25) is 9.69 Å². The standard InChI is InChI=1S/C20H28F3N3O3S/c1-15-5-2-3-8-18(15)24-19(27)14-25-9-11-26(12-10-25)30(28,29)17-7-4-6-16(13-17)20(21,22)23/h4,6-7,13,15,18H,2-3,5,8-12,14H2,1H3,(H,24,27). The van der Waals surface area contributed by atoms with Gasteiger partial charge in [-0.2, -0.15) is 17.5 Å². The van der Waals surface area contributed by atoms with Gasteiger partial charge in [0.15, 0.2) is 0 Å². The molecule has 2 atom stereocenters. The zero-order chi connectivity index (χ0) is 21.9. The van der Waals surface area contributed by atoms with E-state index in [2.05, 4.69) is 12.2 Å². The molecule has 30 heavy (non-hydrogen) atoms.